The van der Waals surface area contributed by atoms with Gasteiger partial charge in [0.1, 0.15) is 5.69 Å². The minimum Gasteiger partial charge on any atom is -0.461 e. The van der Waals surface area contributed by atoms with Gasteiger partial charge in [-0.05, 0) is 32.6 Å². The maximum Gasteiger partial charge on any atom is 0.355 e. The third-order valence-corrected chi connectivity index (χ3v) is 3.46. The van der Waals surface area contributed by atoms with E-state index in [1.807, 2.05) is 6.26 Å². The van der Waals surface area contributed by atoms with Crippen LogP contribution in [0.3, 0.4) is 0 Å². The first kappa shape index (κ1) is 13.8. The number of nitrogens with zero attached hydrogens (tertiary/aromatic N) is 1. The molecule has 0 aliphatic heterocycles. The Kier molecular flexibility index (Phi) is 4.40. The van der Waals surface area contributed by atoms with Gasteiger partial charge in [-0.3, -0.25) is 4.79 Å². The molecule has 0 amide bonds. The molecule has 0 aromatic carbocycles. The van der Waals surface area contributed by atoms with Crippen LogP contribution >= 0.6 is 11.8 Å². The molecule has 5 heteroatoms. The Bertz CT molecular complexity index is 463. The van der Waals surface area contributed by atoms with E-state index in [1.54, 1.807) is 25.5 Å². The number of hydrogen-bond donors (Lipinski definition) is 0. The van der Waals surface area contributed by atoms with Crippen molar-refractivity contribution in [1.29, 1.82) is 0 Å². The number of ketones is 1. The number of carbonyl (C=O) groups is 2. The number of aromatic nitrogens is 1. The Hall–Kier alpha value is -1.23. The number of thioether (sulfide) groups is 1. The summed E-state index contributed by atoms with van der Waals surface area (Å²) in [6, 6.07) is 0. The van der Waals surface area contributed by atoms with Gasteiger partial charge in [-0.2, -0.15) is 0 Å². The number of Topliss-reactive ketones (excluding diaryl/α,β-unsaturated/α-hetero) is 1. The normalized spacial score (nSPS) is 10.4. The number of hydrogen-bond acceptors (Lipinski definition) is 4. The molecule has 1 aromatic rings. The summed E-state index contributed by atoms with van der Waals surface area (Å²) in [6.07, 6.45) is 1.89. The summed E-state index contributed by atoms with van der Waals surface area (Å²) in [6.45, 7) is 5.38. The highest BCUT2D eigenvalue weighted by atomic mass is 32.2. The predicted octanol–water partition coefficient (Wildman–Crippen LogP) is 2.43. The van der Waals surface area contributed by atoms with Gasteiger partial charge in [0, 0.05) is 7.05 Å². The largest absolute Gasteiger partial charge is 0.461 e. The van der Waals surface area contributed by atoms with Gasteiger partial charge < -0.3 is 9.30 Å². The number of carbonyl (C=O) groups excluding carboxylic acids is 2. The van der Waals surface area contributed by atoms with Crippen molar-refractivity contribution in [3.63, 3.8) is 0 Å². The second kappa shape index (κ2) is 5.40. The molecule has 17 heavy (non-hydrogen) atoms. The van der Waals surface area contributed by atoms with Crippen LogP contribution in [0.5, 0.6) is 0 Å². The van der Waals surface area contributed by atoms with E-state index in [9.17, 15) is 9.59 Å². The first-order chi connectivity index (χ1) is 7.95. The van der Waals surface area contributed by atoms with Crippen LogP contribution in [-0.4, -0.2) is 29.2 Å². The molecule has 0 aliphatic carbocycles. The van der Waals surface area contributed by atoms with Crippen LogP contribution in [0.2, 0.25) is 0 Å². The zero-order valence-electron chi connectivity index (χ0n) is 10.8. The molecule has 1 aromatic heterocycles. The molecule has 4 nitrogen and oxygen atoms in total. The highest BCUT2D eigenvalue weighted by molar-refractivity contribution is 7.98. The molecule has 0 spiro atoms. The second-order valence-electron chi connectivity index (χ2n) is 3.69. The fourth-order valence-electron chi connectivity index (χ4n) is 1.94. The van der Waals surface area contributed by atoms with Crippen molar-refractivity contribution in [3.05, 3.63) is 16.8 Å². The Morgan fingerprint density at radius 2 is 2.00 bits per heavy atom. The van der Waals surface area contributed by atoms with Gasteiger partial charge in [0.15, 0.2) is 5.78 Å². The Labute approximate surface area is 105 Å². The average molecular weight is 255 g/mol. The topological polar surface area (TPSA) is 48.3 Å². The van der Waals surface area contributed by atoms with E-state index in [0.717, 1.165) is 5.03 Å². The molecule has 0 radical (unpaired) electrons. The number of esters is 1. The molecule has 1 rings (SSSR count). The second-order valence-corrected chi connectivity index (χ2v) is 4.49. The maximum atomic E-state index is 11.8. The first-order valence-corrected chi connectivity index (χ1v) is 6.59. The van der Waals surface area contributed by atoms with Gasteiger partial charge in [0.05, 0.1) is 17.2 Å². The van der Waals surface area contributed by atoms with Crippen LogP contribution in [0.1, 0.15) is 40.3 Å². The average Bonchev–Trinajstić information content (AvgIpc) is 2.49. The SMILES string of the molecule is CCOC(=O)c1c(C)c(C(C)=O)c(SC)n1C. The third-order valence-electron chi connectivity index (χ3n) is 2.60. The predicted molar refractivity (Wildman–Crippen MR) is 67.9 cm³/mol. The van der Waals surface area contributed by atoms with Crippen molar-refractivity contribution < 1.29 is 14.3 Å². The lowest BCUT2D eigenvalue weighted by Crippen LogP contribution is -2.11. The zero-order chi connectivity index (χ0) is 13.2. The van der Waals surface area contributed by atoms with E-state index in [1.165, 1.54) is 18.7 Å². The Morgan fingerprint density at radius 3 is 2.35 bits per heavy atom. The summed E-state index contributed by atoms with van der Waals surface area (Å²) in [5.74, 6) is -0.409. The van der Waals surface area contributed by atoms with Gasteiger partial charge in [-0.15, -0.1) is 11.8 Å². The molecule has 0 fully saturated rings. The Balaban J connectivity index is 3.42. The quantitative estimate of drug-likeness (QED) is 0.471. The van der Waals surface area contributed by atoms with Crippen LogP contribution in [-0.2, 0) is 11.8 Å². The van der Waals surface area contributed by atoms with Crippen molar-refractivity contribution in [3.8, 4) is 0 Å². The molecular weight excluding hydrogens is 238 g/mol. The van der Waals surface area contributed by atoms with Gasteiger partial charge in [-0.25, -0.2) is 4.79 Å². The molecule has 0 saturated heterocycles. The Morgan fingerprint density at radius 1 is 1.41 bits per heavy atom. The van der Waals surface area contributed by atoms with Crippen molar-refractivity contribution in [1.82, 2.24) is 4.57 Å². The third kappa shape index (κ3) is 2.39. The lowest BCUT2D eigenvalue weighted by atomic mass is 10.1. The molecule has 0 saturated carbocycles. The van der Waals surface area contributed by atoms with Crippen molar-refractivity contribution in [2.45, 2.75) is 25.8 Å². The summed E-state index contributed by atoms with van der Waals surface area (Å²) in [4.78, 5) is 23.4. The summed E-state index contributed by atoms with van der Waals surface area (Å²) >= 11 is 1.46. The van der Waals surface area contributed by atoms with Crippen LogP contribution < -0.4 is 0 Å². The molecule has 0 aliphatic rings. The highest BCUT2D eigenvalue weighted by Crippen LogP contribution is 2.29. The highest BCUT2D eigenvalue weighted by Gasteiger charge is 2.25. The molecular formula is C12H17NO3S. The van der Waals surface area contributed by atoms with Crippen molar-refractivity contribution in [2.75, 3.05) is 12.9 Å². The van der Waals surface area contributed by atoms with E-state index in [-0.39, 0.29) is 11.8 Å². The first-order valence-electron chi connectivity index (χ1n) is 5.36. The zero-order valence-corrected chi connectivity index (χ0v) is 11.6. The smallest absolute Gasteiger partial charge is 0.355 e. The van der Waals surface area contributed by atoms with Gasteiger partial charge in [0.25, 0.3) is 0 Å². The molecule has 0 N–H and O–H groups in total. The van der Waals surface area contributed by atoms with Crippen LogP contribution in [0.4, 0.5) is 0 Å². The maximum absolute atomic E-state index is 11.8. The minimum atomic E-state index is -0.379. The van der Waals surface area contributed by atoms with Crippen LogP contribution in [0, 0.1) is 6.92 Å². The van der Waals surface area contributed by atoms with Gasteiger partial charge in [0.2, 0.25) is 0 Å². The minimum absolute atomic E-state index is 0.0296. The summed E-state index contributed by atoms with van der Waals surface area (Å²) in [5, 5.41) is 0.804. The molecule has 94 valence electrons. The van der Waals surface area contributed by atoms with Gasteiger partial charge >= 0.3 is 5.97 Å². The lowest BCUT2D eigenvalue weighted by Gasteiger charge is -2.05. The summed E-state index contributed by atoms with van der Waals surface area (Å²) in [5.41, 5.74) is 1.77. The van der Waals surface area contributed by atoms with Gasteiger partial charge in [-0.1, -0.05) is 0 Å². The number of rotatable bonds is 4. The van der Waals surface area contributed by atoms with E-state index in [2.05, 4.69) is 0 Å². The lowest BCUT2D eigenvalue weighted by molar-refractivity contribution is 0.0513. The molecule has 0 unspecified atom stereocenters. The van der Waals surface area contributed by atoms with Crippen LogP contribution in [0.25, 0.3) is 0 Å². The van der Waals surface area contributed by atoms with E-state index in [4.69, 9.17) is 4.74 Å². The number of ether oxygens (including phenoxy) is 1. The van der Waals surface area contributed by atoms with Crippen molar-refractivity contribution in [2.24, 2.45) is 7.05 Å². The van der Waals surface area contributed by atoms with Crippen molar-refractivity contribution >= 4 is 23.5 Å². The standard InChI is InChI=1S/C12H17NO3S/c1-6-16-12(15)10-7(2)9(8(3)14)11(17-5)13(10)4/h6H2,1-5H3. The van der Waals surface area contributed by atoms with E-state index < -0.39 is 0 Å². The fraction of sp³-hybridized carbons (Fsp3) is 0.500. The summed E-state index contributed by atoms with van der Waals surface area (Å²) < 4.78 is 6.73. The molecule has 1 heterocycles. The molecule has 0 bridgehead atoms. The van der Waals surface area contributed by atoms with E-state index >= 15 is 0 Å². The monoisotopic (exact) mass is 255 g/mol. The van der Waals surface area contributed by atoms with E-state index in [0.29, 0.717) is 23.4 Å². The molecule has 0 atom stereocenters. The van der Waals surface area contributed by atoms with Crippen LogP contribution in [0.15, 0.2) is 5.03 Å². The fourth-order valence-corrected chi connectivity index (χ4v) is 2.81. The summed E-state index contributed by atoms with van der Waals surface area (Å²) in [7, 11) is 1.78.